The smallest absolute Gasteiger partial charge is 0.133 e. The van der Waals surface area contributed by atoms with E-state index in [0.717, 1.165) is 39.1 Å². The van der Waals surface area contributed by atoms with Gasteiger partial charge in [-0.15, -0.1) is 0 Å². The molecule has 4 aromatic rings. The van der Waals surface area contributed by atoms with Gasteiger partial charge in [-0.25, -0.2) is 9.97 Å². The average molecular weight is 383 g/mol. The summed E-state index contributed by atoms with van der Waals surface area (Å²) >= 11 is 0. The highest BCUT2D eigenvalue weighted by molar-refractivity contribution is 6.11. The Bertz CT molecular complexity index is 1280. The fraction of sp³-hybridized carbons (Fsp3) is 0.385. The maximum absolute atomic E-state index is 6.79. The quantitative estimate of drug-likeness (QED) is 0.253. The summed E-state index contributed by atoms with van der Waals surface area (Å²) in [5, 5.41) is 2.31. The van der Waals surface area contributed by atoms with Gasteiger partial charge >= 0.3 is 0 Å². The first-order valence-corrected chi connectivity index (χ1v) is 10.8. The maximum Gasteiger partial charge on any atom is 0.133 e. The molecule has 3 nitrogen and oxygen atoms in total. The molecule has 2 aliphatic rings. The van der Waals surface area contributed by atoms with E-state index in [-0.39, 0.29) is 5.60 Å². The Kier molecular flexibility index (Phi) is 3.51. The molecule has 1 fully saturated rings. The van der Waals surface area contributed by atoms with Crippen molar-refractivity contribution in [2.24, 2.45) is 11.8 Å². The molecular formula is C26H26N2O. The Hall–Kier alpha value is -2.68. The molecule has 0 spiro atoms. The molecule has 0 radical (unpaired) electrons. The van der Waals surface area contributed by atoms with Crippen molar-refractivity contribution in [2.75, 3.05) is 0 Å². The molecule has 0 saturated heterocycles. The molecule has 0 bridgehead atoms. The minimum Gasteiger partial charge on any atom is -0.487 e. The Morgan fingerprint density at radius 3 is 2.28 bits per heavy atom. The molecule has 146 valence electrons. The van der Waals surface area contributed by atoms with Crippen LogP contribution in [0.25, 0.3) is 32.8 Å². The van der Waals surface area contributed by atoms with E-state index in [1.807, 2.05) is 12.1 Å². The molecule has 0 amide bonds. The highest BCUT2D eigenvalue weighted by Crippen LogP contribution is 2.56. The lowest BCUT2D eigenvalue weighted by Crippen LogP contribution is -2.46. The van der Waals surface area contributed by atoms with Crippen molar-refractivity contribution in [1.82, 2.24) is 9.97 Å². The molecule has 2 unspecified atom stereocenters. The zero-order chi connectivity index (χ0) is 19.8. The van der Waals surface area contributed by atoms with Crippen molar-refractivity contribution in [1.29, 1.82) is 0 Å². The molecule has 3 aromatic carbocycles. The fourth-order valence-electron chi connectivity index (χ4n) is 5.84. The Morgan fingerprint density at radius 1 is 0.862 bits per heavy atom. The van der Waals surface area contributed by atoms with Gasteiger partial charge in [0.2, 0.25) is 0 Å². The van der Waals surface area contributed by atoms with Gasteiger partial charge in [0.1, 0.15) is 11.4 Å². The largest absolute Gasteiger partial charge is 0.487 e. The first-order valence-electron chi connectivity index (χ1n) is 10.8. The van der Waals surface area contributed by atoms with E-state index in [9.17, 15) is 0 Å². The van der Waals surface area contributed by atoms with E-state index in [4.69, 9.17) is 14.7 Å². The first kappa shape index (κ1) is 17.2. The minimum absolute atomic E-state index is 0.168. The van der Waals surface area contributed by atoms with Gasteiger partial charge in [-0.3, -0.25) is 0 Å². The number of para-hydroxylation sites is 2. The number of rotatable bonds is 0. The average Bonchev–Trinajstić information content (AvgIpc) is 2.72. The van der Waals surface area contributed by atoms with Gasteiger partial charge in [0.05, 0.1) is 22.1 Å². The molecular weight excluding hydrogens is 356 g/mol. The van der Waals surface area contributed by atoms with Gasteiger partial charge in [-0.1, -0.05) is 49.7 Å². The number of hydrogen-bond acceptors (Lipinski definition) is 3. The van der Waals surface area contributed by atoms with Crippen molar-refractivity contribution in [2.45, 2.75) is 51.6 Å². The van der Waals surface area contributed by atoms with Crippen LogP contribution in [0, 0.1) is 11.8 Å². The lowest BCUT2D eigenvalue weighted by molar-refractivity contribution is -0.0115. The molecule has 3 heteroatoms. The second kappa shape index (κ2) is 5.91. The topological polar surface area (TPSA) is 35.0 Å². The molecule has 1 aliphatic carbocycles. The maximum atomic E-state index is 6.79. The summed E-state index contributed by atoms with van der Waals surface area (Å²) < 4.78 is 6.79. The number of ether oxygens (including phenoxy) is 1. The number of hydrogen-bond donors (Lipinski definition) is 0. The molecule has 1 aromatic heterocycles. The number of benzene rings is 3. The molecule has 2 heterocycles. The SMILES string of the molecule is CC1CCC2[C@H](C1)c1c(c3ccccc3c3nc4ccccc4nc13)OC2(C)C. The third-order valence-corrected chi connectivity index (χ3v) is 7.24. The van der Waals surface area contributed by atoms with Crippen molar-refractivity contribution < 1.29 is 4.74 Å². The lowest BCUT2D eigenvalue weighted by Gasteiger charge is -2.49. The molecule has 3 atom stereocenters. The van der Waals surface area contributed by atoms with E-state index < -0.39 is 0 Å². The van der Waals surface area contributed by atoms with Crippen LogP contribution in [0.1, 0.15) is 51.5 Å². The van der Waals surface area contributed by atoms with Gasteiger partial charge < -0.3 is 4.74 Å². The van der Waals surface area contributed by atoms with E-state index >= 15 is 0 Å². The summed E-state index contributed by atoms with van der Waals surface area (Å²) in [5.74, 6) is 2.76. The van der Waals surface area contributed by atoms with E-state index in [0.29, 0.717) is 11.8 Å². The normalized spacial score (nSPS) is 25.6. The van der Waals surface area contributed by atoms with Crippen LogP contribution in [0.5, 0.6) is 5.75 Å². The standard InChI is InChI=1S/C26H26N2O/c1-15-12-13-19-18(14-15)22-24-23(27-20-10-6-7-11-21(20)28-24)16-8-4-5-9-17(16)25(22)29-26(19,2)3/h4-11,15,18-19H,12-14H2,1-3H3/t15?,18-,19?/m0/s1. The predicted octanol–water partition coefficient (Wildman–Crippen LogP) is 6.63. The van der Waals surface area contributed by atoms with Crippen molar-refractivity contribution in [3.05, 3.63) is 54.1 Å². The zero-order valence-electron chi connectivity index (χ0n) is 17.3. The minimum atomic E-state index is -0.168. The second-order valence-electron chi connectivity index (χ2n) is 9.53. The van der Waals surface area contributed by atoms with Crippen LogP contribution >= 0.6 is 0 Å². The monoisotopic (exact) mass is 382 g/mol. The highest BCUT2D eigenvalue weighted by Gasteiger charge is 2.47. The van der Waals surface area contributed by atoms with Crippen LogP contribution < -0.4 is 4.74 Å². The molecule has 6 rings (SSSR count). The molecule has 1 saturated carbocycles. The van der Waals surface area contributed by atoms with E-state index in [2.05, 4.69) is 57.2 Å². The van der Waals surface area contributed by atoms with E-state index in [1.165, 1.54) is 30.2 Å². The summed E-state index contributed by atoms with van der Waals surface area (Å²) in [6.45, 7) is 6.94. The van der Waals surface area contributed by atoms with Gasteiger partial charge in [-0.2, -0.15) is 0 Å². The number of aromatic nitrogens is 2. The third kappa shape index (κ3) is 2.43. The first-order chi connectivity index (χ1) is 14.0. The number of fused-ring (bicyclic) bond motifs is 9. The van der Waals surface area contributed by atoms with Crippen LogP contribution in [-0.4, -0.2) is 15.6 Å². The fourth-order valence-corrected chi connectivity index (χ4v) is 5.84. The van der Waals surface area contributed by atoms with Gasteiger partial charge in [0.15, 0.2) is 0 Å². The summed E-state index contributed by atoms with van der Waals surface area (Å²) in [7, 11) is 0. The van der Waals surface area contributed by atoms with Crippen molar-refractivity contribution in [3.63, 3.8) is 0 Å². The van der Waals surface area contributed by atoms with Crippen LogP contribution in [-0.2, 0) is 0 Å². The van der Waals surface area contributed by atoms with Crippen LogP contribution in [0.3, 0.4) is 0 Å². The third-order valence-electron chi connectivity index (χ3n) is 7.24. The Labute approximate surface area is 171 Å². The second-order valence-corrected chi connectivity index (χ2v) is 9.53. The Balaban J connectivity index is 1.78. The summed E-state index contributed by atoms with van der Waals surface area (Å²) in [5.41, 5.74) is 5.10. The van der Waals surface area contributed by atoms with Gasteiger partial charge in [0.25, 0.3) is 0 Å². The molecule has 29 heavy (non-hydrogen) atoms. The predicted molar refractivity (Wildman–Crippen MR) is 119 cm³/mol. The number of nitrogens with zero attached hydrogens (tertiary/aromatic N) is 2. The summed E-state index contributed by atoms with van der Waals surface area (Å²) in [6, 6.07) is 16.7. The summed E-state index contributed by atoms with van der Waals surface area (Å²) in [4.78, 5) is 10.3. The molecule has 0 N–H and O–H groups in total. The van der Waals surface area contributed by atoms with Gasteiger partial charge in [0, 0.05) is 22.3 Å². The van der Waals surface area contributed by atoms with E-state index in [1.54, 1.807) is 0 Å². The van der Waals surface area contributed by atoms with Crippen molar-refractivity contribution in [3.8, 4) is 5.75 Å². The zero-order valence-corrected chi connectivity index (χ0v) is 17.3. The molecule has 1 aliphatic heterocycles. The highest BCUT2D eigenvalue weighted by atomic mass is 16.5. The van der Waals surface area contributed by atoms with Crippen LogP contribution in [0.2, 0.25) is 0 Å². The van der Waals surface area contributed by atoms with Crippen molar-refractivity contribution >= 4 is 32.8 Å². The summed E-state index contributed by atoms with van der Waals surface area (Å²) in [6.07, 6.45) is 3.70. The lowest BCUT2D eigenvalue weighted by atomic mass is 9.64. The van der Waals surface area contributed by atoms with Crippen LogP contribution in [0.4, 0.5) is 0 Å². The Morgan fingerprint density at radius 2 is 1.52 bits per heavy atom. The van der Waals surface area contributed by atoms with Gasteiger partial charge in [-0.05, 0) is 50.7 Å². The van der Waals surface area contributed by atoms with Crippen LogP contribution in [0.15, 0.2) is 48.5 Å².